The molecule has 2 amide bonds. The molecular formula is C20H21FN2O2S. The zero-order chi connectivity index (χ0) is 18.1. The number of halogens is 1. The van der Waals surface area contributed by atoms with Gasteiger partial charge in [0.05, 0.1) is 4.88 Å². The van der Waals surface area contributed by atoms with E-state index in [1.807, 2.05) is 22.4 Å². The molecule has 0 saturated carbocycles. The standard InChI is InChI=1S/C20H21FN2O2S/c21-16-6-5-14-3-1-9-23(17(14)13-16)19(24)15-7-10-22(11-8-15)20(25)18-4-2-12-26-18/h2,4-6,12-13,15H,1,3,7-11H2. The van der Waals surface area contributed by atoms with E-state index >= 15 is 0 Å². The van der Waals surface area contributed by atoms with Crippen LogP contribution in [0.3, 0.4) is 0 Å². The Bertz CT molecular complexity index is 813. The number of aryl methyl sites for hydroxylation is 1. The Labute approximate surface area is 156 Å². The summed E-state index contributed by atoms with van der Waals surface area (Å²) in [5.41, 5.74) is 1.76. The number of rotatable bonds is 2. The second kappa shape index (κ2) is 7.19. The molecule has 2 aromatic rings. The van der Waals surface area contributed by atoms with Gasteiger partial charge in [0.2, 0.25) is 5.91 Å². The first-order chi connectivity index (χ1) is 12.6. The van der Waals surface area contributed by atoms with Crippen molar-refractivity contribution in [1.82, 2.24) is 4.90 Å². The van der Waals surface area contributed by atoms with Crippen LogP contribution in [-0.2, 0) is 11.2 Å². The van der Waals surface area contributed by atoms with E-state index in [-0.39, 0.29) is 23.5 Å². The van der Waals surface area contributed by atoms with Crippen LogP contribution < -0.4 is 4.90 Å². The minimum Gasteiger partial charge on any atom is -0.338 e. The third-order valence-corrected chi connectivity index (χ3v) is 6.15. The van der Waals surface area contributed by atoms with Gasteiger partial charge in [0, 0.05) is 31.2 Å². The molecule has 0 atom stereocenters. The highest BCUT2D eigenvalue weighted by Crippen LogP contribution is 2.31. The quantitative estimate of drug-likeness (QED) is 0.806. The van der Waals surface area contributed by atoms with E-state index in [1.165, 1.54) is 23.5 Å². The molecule has 0 aliphatic carbocycles. The van der Waals surface area contributed by atoms with Crippen molar-refractivity contribution >= 4 is 28.8 Å². The largest absolute Gasteiger partial charge is 0.338 e. The van der Waals surface area contributed by atoms with E-state index in [1.54, 1.807) is 11.0 Å². The van der Waals surface area contributed by atoms with Crippen LogP contribution in [0.5, 0.6) is 0 Å². The van der Waals surface area contributed by atoms with Crippen LogP contribution in [0.1, 0.15) is 34.5 Å². The number of likely N-dealkylation sites (tertiary alicyclic amines) is 1. The van der Waals surface area contributed by atoms with Gasteiger partial charge in [-0.1, -0.05) is 12.1 Å². The van der Waals surface area contributed by atoms with Crippen molar-refractivity contribution < 1.29 is 14.0 Å². The number of hydrogen-bond acceptors (Lipinski definition) is 3. The average molecular weight is 372 g/mol. The van der Waals surface area contributed by atoms with Crippen LogP contribution in [0.2, 0.25) is 0 Å². The number of anilines is 1. The molecule has 2 aliphatic rings. The summed E-state index contributed by atoms with van der Waals surface area (Å²) in [5, 5.41) is 1.90. The summed E-state index contributed by atoms with van der Waals surface area (Å²) in [6.07, 6.45) is 3.11. The van der Waals surface area contributed by atoms with Crippen molar-refractivity contribution in [1.29, 1.82) is 0 Å². The summed E-state index contributed by atoms with van der Waals surface area (Å²) < 4.78 is 13.7. The molecule has 26 heavy (non-hydrogen) atoms. The molecule has 3 heterocycles. The van der Waals surface area contributed by atoms with Gasteiger partial charge in [-0.3, -0.25) is 9.59 Å². The summed E-state index contributed by atoms with van der Waals surface area (Å²) in [6.45, 7) is 1.83. The zero-order valence-corrected chi connectivity index (χ0v) is 15.3. The van der Waals surface area contributed by atoms with Crippen molar-refractivity contribution in [3.63, 3.8) is 0 Å². The van der Waals surface area contributed by atoms with Crippen LogP contribution in [-0.4, -0.2) is 36.3 Å². The fourth-order valence-electron chi connectivity index (χ4n) is 3.88. The van der Waals surface area contributed by atoms with Gasteiger partial charge < -0.3 is 9.80 Å². The number of hydrogen-bond donors (Lipinski definition) is 0. The predicted octanol–water partition coefficient (Wildman–Crippen LogP) is 3.72. The highest BCUT2D eigenvalue weighted by atomic mass is 32.1. The van der Waals surface area contributed by atoms with Crippen molar-refractivity contribution in [2.24, 2.45) is 5.92 Å². The number of benzene rings is 1. The number of thiophene rings is 1. The Hall–Kier alpha value is -2.21. The monoisotopic (exact) mass is 372 g/mol. The van der Waals surface area contributed by atoms with Crippen molar-refractivity contribution in [3.05, 3.63) is 52.0 Å². The highest BCUT2D eigenvalue weighted by Gasteiger charge is 2.33. The second-order valence-electron chi connectivity index (χ2n) is 6.91. The van der Waals surface area contributed by atoms with E-state index in [0.29, 0.717) is 32.5 Å². The lowest BCUT2D eigenvalue weighted by molar-refractivity contribution is -0.123. The number of fused-ring (bicyclic) bond motifs is 1. The van der Waals surface area contributed by atoms with Crippen molar-refractivity contribution in [3.8, 4) is 0 Å². The van der Waals surface area contributed by atoms with Gasteiger partial charge in [-0.15, -0.1) is 11.3 Å². The first-order valence-electron chi connectivity index (χ1n) is 9.06. The molecule has 2 aliphatic heterocycles. The molecule has 6 heteroatoms. The first kappa shape index (κ1) is 17.2. The average Bonchev–Trinajstić information content (AvgIpc) is 3.21. The molecule has 0 bridgehead atoms. The Morgan fingerprint density at radius 1 is 1.12 bits per heavy atom. The molecular weight excluding hydrogens is 351 g/mol. The van der Waals surface area contributed by atoms with Crippen LogP contribution >= 0.6 is 11.3 Å². The topological polar surface area (TPSA) is 40.6 Å². The van der Waals surface area contributed by atoms with E-state index in [9.17, 15) is 14.0 Å². The molecule has 0 unspecified atom stereocenters. The summed E-state index contributed by atoms with van der Waals surface area (Å²) in [7, 11) is 0. The SMILES string of the molecule is O=C(c1cccs1)N1CCC(C(=O)N2CCCc3ccc(F)cc32)CC1. The molecule has 4 rings (SSSR count). The Kier molecular flexibility index (Phi) is 4.76. The van der Waals surface area contributed by atoms with E-state index in [4.69, 9.17) is 0 Å². The van der Waals surface area contributed by atoms with Gasteiger partial charge >= 0.3 is 0 Å². The maximum absolute atomic E-state index is 13.7. The summed E-state index contributed by atoms with van der Waals surface area (Å²) in [6, 6.07) is 8.43. The van der Waals surface area contributed by atoms with Crippen LogP contribution in [0.15, 0.2) is 35.7 Å². The van der Waals surface area contributed by atoms with Gasteiger partial charge in [0.15, 0.2) is 0 Å². The third-order valence-electron chi connectivity index (χ3n) is 5.30. The zero-order valence-electron chi connectivity index (χ0n) is 14.5. The van der Waals surface area contributed by atoms with Gasteiger partial charge in [-0.2, -0.15) is 0 Å². The fraction of sp³-hybridized carbons (Fsp3) is 0.400. The Morgan fingerprint density at radius 2 is 1.92 bits per heavy atom. The van der Waals surface area contributed by atoms with Crippen LogP contribution in [0.4, 0.5) is 10.1 Å². The van der Waals surface area contributed by atoms with Gasteiger partial charge in [0.25, 0.3) is 5.91 Å². The van der Waals surface area contributed by atoms with Gasteiger partial charge in [-0.25, -0.2) is 4.39 Å². The molecule has 1 aromatic carbocycles. The van der Waals surface area contributed by atoms with E-state index in [2.05, 4.69) is 0 Å². The number of carbonyl (C=O) groups is 2. The normalized spacial score (nSPS) is 17.9. The molecule has 136 valence electrons. The molecule has 1 aromatic heterocycles. The molecule has 0 spiro atoms. The lowest BCUT2D eigenvalue weighted by atomic mass is 9.93. The molecule has 1 saturated heterocycles. The maximum atomic E-state index is 13.7. The number of carbonyl (C=O) groups excluding carboxylic acids is 2. The lowest BCUT2D eigenvalue weighted by Gasteiger charge is -2.36. The number of amides is 2. The highest BCUT2D eigenvalue weighted by molar-refractivity contribution is 7.12. The smallest absolute Gasteiger partial charge is 0.263 e. The minimum atomic E-state index is -0.306. The van der Waals surface area contributed by atoms with Crippen LogP contribution in [0.25, 0.3) is 0 Å². The third kappa shape index (κ3) is 3.26. The second-order valence-corrected chi connectivity index (χ2v) is 7.86. The number of nitrogens with zero attached hydrogens (tertiary/aromatic N) is 2. The van der Waals surface area contributed by atoms with Gasteiger partial charge in [-0.05, 0) is 54.8 Å². The molecule has 1 fully saturated rings. The lowest BCUT2D eigenvalue weighted by Crippen LogP contribution is -2.45. The van der Waals surface area contributed by atoms with Crippen molar-refractivity contribution in [2.45, 2.75) is 25.7 Å². The van der Waals surface area contributed by atoms with Gasteiger partial charge in [0.1, 0.15) is 5.82 Å². The Balaban J connectivity index is 1.43. The number of piperidine rings is 1. The summed E-state index contributed by atoms with van der Waals surface area (Å²) in [5.74, 6) is -0.285. The summed E-state index contributed by atoms with van der Waals surface area (Å²) in [4.78, 5) is 29.8. The minimum absolute atomic E-state index is 0.0521. The first-order valence-corrected chi connectivity index (χ1v) is 9.94. The summed E-state index contributed by atoms with van der Waals surface area (Å²) >= 11 is 1.45. The fourth-order valence-corrected chi connectivity index (χ4v) is 4.57. The van der Waals surface area contributed by atoms with Crippen molar-refractivity contribution in [2.75, 3.05) is 24.5 Å². The molecule has 0 radical (unpaired) electrons. The maximum Gasteiger partial charge on any atom is 0.263 e. The van der Waals surface area contributed by atoms with E-state index < -0.39 is 0 Å². The predicted molar refractivity (Wildman–Crippen MR) is 100 cm³/mol. The van der Waals surface area contributed by atoms with Crippen LogP contribution in [0, 0.1) is 11.7 Å². The molecule has 4 nitrogen and oxygen atoms in total. The Morgan fingerprint density at radius 3 is 2.65 bits per heavy atom. The molecule has 0 N–H and O–H groups in total. The van der Waals surface area contributed by atoms with E-state index in [0.717, 1.165) is 29.0 Å².